The summed E-state index contributed by atoms with van der Waals surface area (Å²) in [6.07, 6.45) is 0. The average Bonchev–Trinajstić information content (AvgIpc) is 2.94. The number of aromatic nitrogens is 5. The minimum absolute atomic E-state index is 0.00769. The minimum Gasteiger partial charge on any atom is -0.467 e. The molecule has 2 aromatic heterocycles. The van der Waals surface area contributed by atoms with E-state index in [1.165, 1.54) is 28.2 Å². The second kappa shape index (κ2) is 8.03. The van der Waals surface area contributed by atoms with E-state index in [0.29, 0.717) is 0 Å². The number of sulfonamides is 1. The van der Waals surface area contributed by atoms with Crippen LogP contribution < -0.4 is 19.5 Å². The van der Waals surface area contributed by atoms with Gasteiger partial charge < -0.3 is 14.2 Å². The van der Waals surface area contributed by atoms with Crippen LogP contribution in [0.2, 0.25) is 0 Å². The third-order valence-corrected chi connectivity index (χ3v) is 4.71. The van der Waals surface area contributed by atoms with Crippen molar-refractivity contribution >= 4 is 28.0 Å². The zero-order valence-corrected chi connectivity index (χ0v) is 16.3. The standard InChI is InChI=1S/C13H17N7O7S/c1-6-8(7(9(21)25-3)20(2)18-6)28(23,24)19-11(22)14-10-15-12(26-4)17-13(16-10)27-5/h1-5H3,(H2,14,15,16,17,19,22). The Kier molecular flexibility index (Phi) is 5.97. The normalized spacial score (nSPS) is 10.9. The van der Waals surface area contributed by atoms with Crippen molar-refractivity contribution in [3.63, 3.8) is 0 Å². The molecule has 0 saturated heterocycles. The third kappa shape index (κ3) is 4.25. The maximum absolute atomic E-state index is 12.6. The maximum atomic E-state index is 12.6. The number of hydrogen-bond donors (Lipinski definition) is 2. The van der Waals surface area contributed by atoms with Gasteiger partial charge in [-0.15, -0.1) is 4.98 Å². The highest BCUT2D eigenvalue weighted by molar-refractivity contribution is 7.90. The van der Waals surface area contributed by atoms with Crippen LogP contribution in [0.1, 0.15) is 16.2 Å². The van der Waals surface area contributed by atoms with E-state index < -0.39 is 26.9 Å². The van der Waals surface area contributed by atoms with Crippen LogP contribution in [0.5, 0.6) is 12.0 Å². The molecular formula is C13H17N7O7S. The molecule has 2 rings (SSSR count). The number of carbonyl (C=O) groups excluding carboxylic acids is 2. The van der Waals surface area contributed by atoms with E-state index in [1.54, 1.807) is 4.72 Å². The van der Waals surface area contributed by atoms with Crippen LogP contribution in [0, 0.1) is 6.92 Å². The Balaban J connectivity index is 2.31. The molecule has 0 aliphatic rings. The smallest absolute Gasteiger partial charge is 0.357 e. The first-order valence-corrected chi connectivity index (χ1v) is 8.91. The van der Waals surface area contributed by atoms with Gasteiger partial charge in [0.05, 0.1) is 27.0 Å². The molecule has 14 nitrogen and oxygen atoms in total. The lowest BCUT2D eigenvalue weighted by molar-refractivity contribution is 0.0583. The number of amides is 2. The molecule has 2 heterocycles. The van der Waals surface area contributed by atoms with Gasteiger partial charge in [-0.05, 0) is 6.92 Å². The van der Waals surface area contributed by atoms with Crippen molar-refractivity contribution in [3.8, 4) is 12.0 Å². The molecule has 0 radical (unpaired) electrons. The van der Waals surface area contributed by atoms with Crippen molar-refractivity contribution in [2.24, 2.45) is 7.05 Å². The van der Waals surface area contributed by atoms with Gasteiger partial charge in [-0.25, -0.2) is 22.7 Å². The fourth-order valence-corrected chi connectivity index (χ4v) is 3.46. The van der Waals surface area contributed by atoms with Gasteiger partial charge in [0, 0.05) is 7.05 Å². The van der Waals surface area contributed by atoms with Crippen molar-refractivity contribution in [2.75, 3.05) is 26.6 Å². The summed E-state index contributed by atoms with van der Waals surface area (Å²) in [5.41, 5.74) is -0.351. The van der Waals surface area contributed by atoms with Crippen molar-refractivity contribution in [1.82, 2.24) is 29.5 Å². The zero-order valence-electron chi connectivity index (χ0n) is 15.5. The van der Waals surface area contributed by atoms with Gasteiger partial charge in [-0.1, -0.05) is 0 Å². The predicted molar refractivity (Wildman–Crippen MR) is 91.6 cm³/mol. The van der Waals surface area contributed by atoms with Gasteiger partial charge in [0.2, 0.25) is 5.95 Å². The highest BCUT2D eigenvalue weighted by Gasteiger charge is 2.32. The first-order chi connectivity index (χ1) is 13.1. The van der Waals surface area contributed by atoms with E-state index >= 15 is 0 Å². The Labute approximate surface area is 159 Å². The fraction of sp³-hybridized carbons (Fsp3) is 0.385. The number of methoxy groups -OCH3 is 3. The molecule has 0 unspecified atom stereocenters. The van der Waals surface area contributed by atoms with Gasteiger partial charge in [-0.2, -0.15) is 15.1 Å². The van der Waals surface area contributed by atoms with E-state index in [9.17, 15) is 18.0 Å². The van der Waals surface area contributed by atoms with Crippen LogP contribution in [0.15, 0.2) is 4.90 Å². The zero-order chi connectivity index (χ0) is 21.1. The average molecular weight is 415 g/mol. The second-order valence-corrected chi connectivity index (χ2v) is 6.69. The Morgan fingerprint density at radius 2 is 1.61 bits per heavy atom. The van der Waals surface area contributed by atoms with Gasteiger partial charge in [0.15, 0.2) is 5.69 Å². The molecular weight excluding hydrogens is 398 g/mol. The van der Waals surface area contributed by atoms with E-state index in [2.05, 4.69) is 30.1 Å². The summed E-state index contributed by atoms with van der Waals surface area (Å²) in [6.45, 7) is 1.36. The molecule has 152 valence electrons. The summed E-state index contributed by atoms with van der Waals surface area (Å²) >= 11 is 0. The summed E-state index contributed by atoms with van der Waals surface area (Å²) in [6, 6.07) is -1.53. The third-order valence-electron chi connectivity index (χ3n) is 3.23. The molecule has 0 bridgehead atoms. The number of rotatable bonds is 6. The number of carbonyl (C=O) groups is 2. The number of hydrogen-bond acceptors (Lipinski definition) is 11. The lowest BCUT2D eigenvalue weighted by Gasteiger charge is -2.09. The molecule has 0 aliphatic carbocycles. The van der Waals surface area contributed by atoms with Gasteiger partial charge >= 0.3 is 24.0 Å². The van der Waals surface area contributed by atoms with Gasteiger partial charge in [0.25, 0.3) is 10.0 Å². The molecule has 0 aromatic carbocycles. The topological polar surface area (TPSA) is 177 Å². The fourth-order valence-electron chi connectivity index (χ4n) is 2.16. The Bertz CT molecular complexity index is 996. The minimum atomic E-state index is -4.49. The van der Waals surface area contributed by atoms with Gasteiger partial charge in [0.1, 0.15) is 4.90 Å². The molecule has 2 aromatic rings. The highest BCUT2D eigenvalue weighted by atomic mass is 32.2. The Hall–Kier alpha value is -3.49. The molecule has 0 fully saturated rings. The maximum Gasteiger partial charge on any atom is 0.357 e. The highest BCUT2D eigenvalue weighted by Crippen LogP contribution is 2.20. The SMILES string of the molecule is COC(=O)c1c(S(=O)(=O)NC(=O)Nc2nc(OC)nc(OC)n2)c(C)nn1C. The number of aryl methyl sites for hydroxylation is 2. The van der Waals surface area contributed by atoms with E-state index in [0.717, 1.165) is 11.8 Å². The summed E-state index contributed by atoms with van der Waals surface area (Å²) in [4.78, 5) is 34.8. The van der Waals surface area contributed by atoms with E-state index in [1.807, 2.05) is 0 Å². The molecule has 28 heavy (non-hydrogen) atoms. The summed E-state index contributed by atoms with van der Waals surface area (Å²) in [7, 11) is 0.523. The molecule has 0 spiro atoms. The quantitative estimate of drug-likeness (QED) is 0.566. The predicted octanol–water partition coefficient (Wildman–Crippen LogP) is -0.772. The Morgan fingerprint density at radius 1 is 1.04 bits per heavy atom. The number of nitrogens with zero attached hydrogens (tertiary/aromatic N) is 5. The van der Waals surface area contributed by atoms with Crippen molar-refractivity contribution < 1.29 is 32.2 Å². The van der Waals surface area contributed by atoms with Crippen molar-refractivity contribution in [1.29, 1.82) is 0 Å². The van der Waals surface area contributed by atoms with Crippen LogP contribution >= 0.6 is 0 Å². The number of ether oxygens (including phenoxy) is 3. The molecule has 2 amide bonds. The van der Waals surface area contributed by atoms with Crippen LogP contribution in [0.4, 0.5) is 10.7 Å². The van der Waals surface area contributed by atoms with Crippen LogP contribution in [0.3, 0.4) is 0 Å². The molecule has 0 aliphatic heterocycles. The van der Waals surface area contributed by atoms with Gasteiger partial charge in [-0.3, -0.25) is 10.00 Å². The van der Waals surface area contributed by atoms with Crippen LogP contribution in [-0.4, -0.2) is 66.5 Å². The summed E-state index contributed by atoms with van der Waals surface area (Å²) in [5, 5.41) is 5.99. The lowest BCUT2D eigenvalue weighted by atomic mass is 10.4. The summed E-state index contributed by atoms with van der Waals surface area (Å²) in [5.74, 6) is -1.26. The number of anilines is 1. The second-order valence-electron chi connectivity index (χ2n) is 5.07. The van der Waals surface area contributed by atoms with E-state index in [-0.39, 0.29) is 29.4 Å². The van der Waals surface area contributed by atoms with Crippen molar-refractivity contribution in [3.05, 3.63) is 11.4 Å². The lowest BCUT2D eigenvalue weighted by Crippen LogP contribution is -2.36. The molecule has 15 heteroatoms. The number of esters is 1. The van der Waals surface area contributed by atoms with Crippen LogP contribution in [-0.2, 0) is 21.8 Å². The van der Waals surface area contributed by atoms with E-state index in [4.69, 9.17) is 9.47 Å². The first-order valence-electron chi connectivity index (χ1n) is 7.42. The summed E-state index contributed by atoms with van der Waals surface area (Å²) < 4.78 is 42.2. The Morgan fingerprint density at radius 3 is 2.11 bits per heavy atom. The molecule has 2 N–H and O–H groups in total. The van der Waals surface area contributed by atoms with Crippen LogP contribution in [0.25, 0.3) is 0 Å². The number of urea groups is 1. The monoisotopic (exact) mass is 415 g/mol. The largest absolute Gasteiger partial charge is 0.467 e. The van der Waals surface area contributed by atoms with Crippen molar-refractivity contribution in [2.45, 2.75) is 11.8 Å². The number of nitrogens with one attached hydrogen (secondary N) is 2. The first kappa shape index (κ1) is 20.8. The molecule has 0 atom stereocenters. The molecule has 0 saturated carbocycles.